The maximum atomic E-state index is 15.7. The van der Waals surface area contributed by atoms with Gasteiger partial charge in [-0.15, -0.1) is 0 Å². The highest BCUT2D eigenvalue weighted by molar-refractivity contribution is 6.00. The first-order valence-corrected chi connectivity index (χ1v) is 11.5. The van der Waals surface area contributed by atoms with E-state index in [2.05, 4.69) is 30.2 Å². The van der Waals surface area contributed by atoms with Crippen LogP contribution in [0.15, 0.2) is 35.5 Å². The minimum absolute atomic E-state index is 0.0130. The third-order valence-electron chi connectivity index (χ3n) is 7.06. The van der Waals surface area contributed by atoms with Crippen molar-refractivity contribution in [1.29, 1.82) is 0 Å². The van der Waals surface area contributed by atoms with Gasteiger partial charge in [0.15, 0.2) is 5.82 Å². The van der Waals surface area contributed by atoms with E-state index >= 15 is 8.78 Å². The molecule has 1 atom stereocenters. The summed E-state index contributed by atoms with van der Waals surface area (Å²) in [7, 11) is 0. The average Bonchev–Trinajstić information content (AvgIpc) is 3.12. The van der Waals surface area contributed by atoms with Crippen molar-refractivity contribution in [2.24, 2.45) is 4.99 Å². The highest BCUT2D eigenvalue weighted by atomic mass is 19.1. The Kier molecular flexibility index (Phi) is 5.51. The molecule has 9 heteroatoms. The Hall–Kier alpha value is -3.46. The van der Waals surface area contributed by atoms with E-state index in [9.17, 15) is 0 Å². The number of aliphatic imine (C=N–C) groups is 1. The van der Waals surface area contributed by atoms with Crippen molar-refractivity contribution in [3.8, 4) is 22.6 Å². The number of nitrogens with one attached hydrogen (secondary N) is 1. The van der Waals surface area contributed by atoms with Gasteiger partial charge in [0.05, 0.1) is 17.6 Å². The van der Waals surface area contributed by atoms with E-state index in [1.165, 1.54) is 6.07 Å². The van der Waals surface area contributed by atoms with Crippen LogP contribution in [0.1, 0.15) is 32.8 Å². The number of anilines is 2. The number of piperazine rings is 1. The first-order chi connectivity index (χ1) is 16.3. The molecule has 34 heavy (non-hydrogen) atoms. The van der Waals surface area contributed by atoms with Crippen molar-refractivity contribution in [1.82, 2.24) is 20.3 Å². The summed E-state index contributed by atoms with van der Waals surface area (Å²) in [5, 5.41) is 3.31. The molecule has 3 N–H and O–H groups in total. The van der Waals surface area contributed by atoms with Crippen LogP contribution in [0.3, 0.4) is 0 Å². The Labute approximate surface area is 197 Å². The van der Waals surface area contributed by atoms with Crippen LogP contribution in [0.25, 0.3) is 22.6 Å². The number of nitrogens with two attached hydrogens (primary N) is 1. The number of rotatable bonds is 4. The van der Waals surface area contributed by atoms with Crippen LogP contribution in [0.2, 0.25) is 0 Å². The van der Waals surface area contributed by atoms with Crippen LogP contribution >= 0.6 is 0 Å². The number of pyridine rings is 1. The Morgan fingerprint density at radius 1 is 1.12 bits per heavy atom. The minimum Gasteiger partial charge on any atom is -0.368 e. The quantitative estimate of drug-likeness (QED) is 0.601. The predicted molar refractivity (Wildman–Crippen MR) is 131 cm³/mol. The predicted octanol–water partition coefficient (Wildman–Crippen LogP) is 4.25. The Balaban J connectivity index is 1.56. The number of fused-ring (bicyclic) bond motifs is 1. The van der Waals surface area contributed by atoms with Crippen LogP contribution in [0, 0.1) is 11.6 Å². The number of halogens is 2. The maximum absolute atomic E-state index is 15.7. The fourth-order valence-corrected chi connectivity index (χ4v) is 4.66. The topological polar surface area (TPSA) is 92.3 Å². The van der Waals surface area contributed by atoms with Gasteiger partial charge in [-0.25, -0.2) is 18.7 Å². The molecule has 4 heterocycles. The van der Waals surface area contributed by atoms with E-state index in [1.54, 1.807) is 18.3 Å². The molecule has 5 rings (SSSR count). The van der Waals surface area contributed by atoms with Gasteiger partial charge in [0.25, 0.3) is 0 Å². The Morgan fingerprint density at radius 2 is 1.85 bits per heavy atom. The largest absolute Gasteiger partial charge is 0.368 e. The van der Waals surface area contributed by atoms with Gasteiger partial charge in [0, 0.05) is 42.9 Å². The summed E-state index contributed by atoms with van der Waals surface area (Å²) < 4.78 is 30.8. The van der Waals surface area contributed by atoms with E-state index in [0.717, 1.165) is 49.6 Å². The maximum Gasteiger partial charge on any atom is 0.221 e. The van der Waals surface area contributed by atoms with Crippen molar-refractivity contribution < 1.29 is 8.78 Å². The zero-order valence-electron chi connectivity index (χ0n) is 19.5. The molecule has 0 saturated carbocycles. The number of hydrogen-bond donors (Lipinski definition) is 2. The monoisotopic (exact) mass is 463 g/mol. The fourth-order valence-electron chi connectivity index (χ4n) is 4.66. The lowest BCUT2D eigenvalue weighted by atomic mass is 9.77. The van der Waals surface area contributed by atoms with Gasteiger partial charge < -0.3 is 16.0 Å². The van der Waals surface area contributed by atoms with E-state index < -0.39 is 17.0 Å². The third kappa shape index (κ3) is 3.60. The van der Waals surface area contributed by atoms with Crippen molar-refractivity contribution in [2.75, 3.05) is 36.8 Å². The molecule has 1 fully saturated rings. The van der Waals surface area contributed by atoms with Gasteiger partial charge in [0.1, 0.15) is 22.9 Å². The van der Waals surface area contributed by atoms with E-state index in [0.29, 0.717) is 16.9 Å². The molecule has 0 bridgehead atoms. The second kappa shape index (κ2) is 8.39. The minimum atomic E-state index is -0.690. The molecule has 3 aromatic rings. The van der Waals surface area contributed by atoms with Crippen LogP contribution in [-0.2, 0) is 5.41 Å². The standard InChI is InChI=1S/C25H27F2N7/c1-4-25(3)14(2)31-22-17(25)11-15(12-18(22)26)21-20(27)23(33-24(28)32-21)19-6-5-16(13-30-19)34-9-7-29-8-10-34/h5-6,11-13,29H,4,7-10H2,1-3H3,(H2,28,32,33). The number of nitrogens with zero attached hydrogens (tertiary/aromatic N) is 5. The van der Waals surface area contributed by atoms with Gasteiger partial charge in [-0.3, -0.25) is 9.98 Å². The molecule has 2 aliphatic heterocycles. The summed E-state index contributed by atoms with van der Waals surface area (Å²) in [6.07, 6.45) is 2.45. The summed E-state index contributed by atoms with van der Waals surface area (Å²) in [5.41, 5.74) is 8.91. The molecule has 2 aromatic heterocycles. The third-order valence-corrected chi connectivity index (χ3v) is 7.06. The molecule has 0 spiro atoms. The van der Waals surface area contributed by atoms with Crippen LogP contribution < -0.4 is 16.0 Å². The van der Waals surface area contributed by atoms with E-state index in [-0.39, 0.29) is 17.3 Å². The van der Waals surface area contributed by atoms with Gasteiger partial charge in [-0.1, -0.05) is 13.8 Å². The molecule has 2 aliphatic rings. The number of aromatic nitrogens is 3. The van der Waals surface area contributed by atoms with Crippen molar-refractivity contribution in [3.63, 3.8) is 0 Å². The number of benzene rings is 1. The Morgan fingerprint density at radius 3 is 2.53 bits per heavy atom. The fraction of sp³-hybridized carbons (Fsp3) is 0.360. The first kappa shape index (κ1) is 22.3. The van der Waals surface area contributed by atoms with Crippen LogP contribution in [0.5, 0.6) is 0 Å². The zero-order valence-corrected chi connectivity index (χ0v) is 19.5. The van der Waals surface area contributed by atoms with Gasteiger partial charge >= 0.3 is 0 Å². The van der Waals surface area contributed by atoms with Gasteiger partial charge in [-0.2, -0.15) is 0 Å². The normalized spacial score (nSPS) is 19.8. The van der Waals surface area contributed by atoms with Gasteiger partial charge in [0.2, 0.25) is 5.95 Å². The molecule has 1 unspecified atom stereocenters. The van der Waals surface area contributed by atoms with E-state index in [4.69, 9.17) is 5.73 Å². The van der Waals surface area contributed by atoms with Gasteiger partial charge in [-0.05, 0) is 43.2 Å². The molecule has 1 aromatic carbocycles. The highest BCUT2D eigenvalue weighted by Gasteiger charge is 2.37. The average molecular weight is 464 g/mol. The lowest BCUT2D eigenvalue weighted by Gasteiger charge is -2.29. The van der Waals surface area contributed by atoms with Crippen molar-refractivity contribution in [3.05, 3.63) is 47.7 Å². The molecule has 176 valence electrons. The van der Waals surface area contributed by atoms with Crippen molar-refractivity contribution in [2.45, 2.75) is 32.6 Å². The van der Waals surface area contributed by atoms with E-state index in [1.807, 2.05) is 26.8 Å². The molecular weight excluding hydrogens is 436 g/mol. The van der Waals surface area contributed by atoms with Crippen LogP contribution in [0.4, 0.5) is 26.1 Å². The molecular formula is C25H27F2N7. The molecule has 0 aliphatic carbocycles. The SMILES string of the molecule is CCC1(C)C(C)=Nc2c(F)cc(-c3nc(N)nc(-c4ccc(N5CCNCC5)cn4)c3F)cc21. The summed E-state index contributed by atoms with van der Waals surface area (Å²) in [4.78, 5) is 19.3. The lowest BCUT2D eigenvalue weighted by Crippen LogP contribution is -2.43. The number of hydrogen-bond acceptors (Lipinski definition) is 7. The Bertz CT molecular complexity index is 1280. The summed E-state index contributed by atoms with van der Waals surface area (Å²) >= 11 is 0. The zero-order chi connectivity index (χ0) is 24.0. The molecule has 0 amide bonds. The van der Waals surface area contributed by atoms with Crippen LogP contribution in [-0.4, -0.2) is 46.8 Å². The molecule has 0 radical (unpaired) electrons. The summed E-state index contributed by atoms with van der Waals surface area (Å²) in [6.45, 7) is 9.49. The second-order valence-electron chi connectivity index (χ2n) is 8.97. The smallest absolute Gasteiger partial charge is 0.221 e. The number of nitrogen functional groups attached to an aromatic ring is 1. The first-order valence-electron chi connectivity index (χ1n) is 11.5. The lowest BCUT2D eigenvalue weighted by molar-refractivity contribution is 0.588. The second-order valence-corrected chi connectivity index (χ2v) is 8.97. The van der Waals surface area contributed by atoms with Crippen molar-refractivity contribution >= 4 is 23.0 Å². The summed E-state index contributed by atoms with van der Waals surface area (Å²) in [5.74, 6) is -1.31. The summed E-state index contributed by atoms with van der Waals surface area (Å²) in [6, 6.07) is 6.64. The highest BCUT2D eigenvalue weighted by Crippen LogP contribution is 2.45. The molecule has 1 saturated heterocycles. The molecule has 7 nitrogen and oxygen atoms in total.